The average Bonchev–Trinajstić information content (AvgIpc) is 3.03. The monoisotopic (exact) mass is 390 g/mol. The van der Waals surface area contributed by atoms with Crippen LogP contribution in [0, 0.1) is 18.8 Å². The van der Waals surface area contributed by atoms with Crippen molar-refractivity contribution in [3.63, 3.8) is 0 Å². The molecule has 1 aromatic rings. The van der Waals surface area contributed by atoms with Gasteiger partial charge in [-0.25, -0.2) is 19.6 Å². The second-order valence-corrected chi connectivity index (χ2v) is 8.85. The summed E-state index contributed by atoms with van der Waals surface area (Å²) in [5.41, 5.74) is 0.832. The van der Waals surface area contributed by atoms with E-state index in [-0.39, 0.29) is 11.4 Å². The first-order chi connectivity index (χ1) is 13.3. The van der Waals surface area contributed by atoms with Gasteiger partial charge in [0.25, 0.3) is 0 Å². The minimum atomic E-state index is -0.127. The number of hydrogen-bond acceptors (Lipinski definition) is 5. The third-order valence-electron chi connectivity index (χ3n) is 5.26. The van der Waals surface area contributed by atoms with Crippen molar-refractivity contribution in [3.8, 4) is 0 Å². The molecule has 7 heteroatoms. The maximum absolute atomic E-state index is 12.0. The standard InChI is InChI=1S/C21H34N4O3/c1-15-18(28-19(25-15)21(2,3)4)9-6-10-23-20(27)24-13-17-8-5-7-16(11-17)12-22-14-26/h16-17H,5-13H2,1-4H3,(H2,23,24,27). The number of aliphatic imine (C=N–C) groups is 1. The summed E-state index contributed by atoms with van der Waals surface area (Å²) in [6, 6.07) is -0.127. The Hall–Kier alpha value is -2.14. The number of rotatable bonds is 8. The van der Waals surface area contributed by atoms with E-state index in [2.05, 4.69) is 41.4 Å². The number of carbonyl (C=O) groups excluding carboxylic acids is 2. The topological polar surface area (TPSA) is 96.6 Å². The highest BCUT2D eigenvalue weighted by Gasteiger charge is 2.23. The molecule has 2 unspecified atom stereocenters. The largest absolute Gasteiger partial charge is 0.445 e. The van der Waals surface area contributed by atoms with Gasteiger partial charge in [0, 0.05) is 24.9 Å². The molecule has 1 fully saturated rings. The van der Waals surface area contributed by atoms with Gasteiger partial charge in [0.15, 0.2) is 5.89 Å². The molecule has 156 valence electrons. The van der Waals surface area contributed by atoms with Crippen LogP contribution in [0.1, 0.15) is 70.2 Å². The van der Waals surface area contributed by atoms with Gasteiger partial charge in [-0.15, -0.1) is 0 Å². The van der Waals surface area contributed by atoms with Crippen LogP contribution in [0.5, 0.6) is 0 Å². The molecule has 28 heavy (non-hydrogen) atoms. The predicted molar refractivity (Wildman–Crippen MR) is 108 cm³/mol. The SMILES string of the molecule is Cc1nc(C(C)(C)C)oc1CCCNC(=O)NCC1CCCC(CN=C=O)C1. The van der Waals surface area contributed by atoms with E-state index in [1.807, 2.05) is 6.92 Å². The number of amides is 2. The van der Waals surface area contributed by atoms with E-state index in [4.69, 9.17) is 4.42 Å². The van der Waals surface area contributed by atoms with Gasteiger partial charge in [0.05, 0.1) is 12.2 Å². The highest BCUT2D eigenvalue weighted by molar-refractivity contribution is 5.73. The molecule has 0 spiro atoms. The van der Waals surface area contributed by atoms with E-state index >= 15 is 0 Å². The lowest BCUT2D eigenvalue weighted by molar-refractivity contribution is 0.229. The third-order valence-corrected chi connectivity index (χ3v) is 5.26. The zero-order valence-electron chi connectivity index (χ0n) is 17.6. The lowest BCUT2D eigenvalue weighted by Crippen LogP contribution is -2.39. The molecule has 0 saturated heterocycles. The van der Waals surface area contributed by atoms with E-state index in [9.17, 15) is 9.59 Å². The molecule has 2 atom stereocenters. The van der Waals surface area contributed by atoms with Crippen molar-refractivity contribution in [1.82, 2.24) is 15.6 Å². The van der Waals surface area contributed by atoms with Crippen molar-refractivity contribution in [3.05, 3.63) is 17.3 Å². The van der Waals surface area contributed by atoms with Crippen LogP contribution in [-0.4, -0.2) is 36.7 Å². The van der Waals surface area contributed by atoms with Crippen molar-refractivity contribution in [2.24, 2.45) is 16.8 Å². The molecule has 0 bridgehead atoms. The maximum atomic E-state index is 12.0. The number of nitrogens with one attached hydrogen (secondary N) is 2. The Morgan fingerprint density at radius 3 is 2.71 bits per heavy atom. The average molecular weight is 391 g/mol. The lowest BCUT2D eigenvalue weighted by atomic mass is 9.81. The smallest absolute Gasteiger partial charge is 0.314 e. The summed E-state index contributed by atoms with van der Waals surface area (Å²) in [5.74, 6) is 2.56. The van der Waals surface area contributed by atoms with Gasteiger partial charge in [-0.1, -0.05) is 27.2 Å². The molecule has 0 aliphatic heterocycles. The van der Waals surface area contributed by atoms with Gasteiger partial charge in [-0.05, 0) is 44.4 Å². The Morgan fingerprint density at radius 2 is 2.04 bits per heavy atom. The zero-order valence-corrected chi connectivity index (χ0v) is 17.6. The molecular weight excluding hydrogens is 356 g/mol. The van der Waals surface area contributed by atoms with Crippen molar-refractivity contribution < 1.29 is 14.0 Å². The molecule has 0 aromatic carbocycles. The Labute approximate surface area is 167 Å². The van der Waals surface area contributed by atoms with Crippen LogP contribution in [0.2, 0.25) is 0 Å². The van der Waals surface area contributed by atoms with Crippen molar-refractivity contribution in [1.29, 1.82) is 0 Å². The molecule has 2 rings (SSSR count). The summed E-state index contributed by atoms with van der Waals surface area (Å²) in [6.07, 6.45) is 7.53. The van der Waals surface area contributed by atoms with Crippen LogP contribution in [0.3, 0.4) is 0 Å². The minimum Gasteiger partial charge on any atom is -0.445 e. The van der Waals surface area contributed by atoms with Gasteiger partial charge in [-0.2, -0.15) is 0 Å². The van der Waals surface area contributed by atoms with E-state index in [0.29, 0.717) is 31.5 Å². The Balaban J connectivity index is 1.64. The summed E-state index contributed by atoms with van der Waals surface area (Å²) >= 11 is 0. The van der Waals surface area contributed by atoms with Crippen LogP contribution in [0.25, 0.3) is 0 Å². The fourth-order valence-corrected chi connectivity index (χ4v) is 3.65. The molecule has 7 nitrogen and oxygen atoms in total. The number of hydrogen-bond donors (Lipinski definition) is 2. The highest BCUT2D eigenvalue weighted by atomic mass is 16.4. The fourth-order valence-electron chi connectivity index (χ4n) is 3.65. The quantitative estimate of drug-likeness (QED) is 0.402. The molecule has 0 radical (unpaired) electrons. The van der Waals surface area contributed by atoms with E-state index in [1.54, 1.807) is 6.08 Å². The van der Waals surface area contributed by atoms with Gasteiger partial charge < -0.3 is 15.1 Å². The number of aryl methyl sites for hydroxylation is 2. The first-order valence-corrected chi connectivity index (χ1v) is 10.3. The number of oxazole rings is 1. The molecule has 2 amide bonds. The molecule has 1 saturated carbocycles. The van der Waals surface area contributed by atoms with Crippen molar-refractivity contribution in [2.75, 3.05) is 19.6 Å². The fraction of sp³-hybridized carbons (Fsp3) is 0.762. The number of urea groups is 1. The summed E-state index contributed by atoms with van der Waals surface area (Å²) in [7, 11) is 0. The molecule has 1 aromatic heterocycles. The Bertz CT molecular complexity index is 686. The predicted octanol–water partition coefficient (Wildman–Crippen LogP) is 3.65. The van der Waals surface area contributed by atoms with Crippen molar-refractivity contribution in [2.45, 2.75) is 71.6 Å². The first kappa shape index (κ1) is 22.2. The lowest BCUT2D eigenvalue weighted by Gasteiger charge is -2.28. The summed E-state index contributed by atoms with van der Waals surface area (Å²) < 4.78 is 5.88. The first-order valence-electron chi connectivity index (χ1n) is 10.3. The summed E-state index contributed by atoms with van der Waals surface area (Å²) in [6.45, 7) is 10.0. The van der Waals surface area contributed by atoms with E-state index in [1.165, 1.54) is 0 Å². The molecule has 2 N–H and O–H groups in total. The van der Waals surface area contributed by atoms with E-state index < -0.39 is 0 Å². The normalized spacial score (nSPS) is 19.7. The van der Waals surface area contributed by atoms with E-state index in [0.717, 1.165) is 55.9 Å². The maximum Gasteiger partial charge on any atom is 0.314 e. The van der Waals surface area contributed by atoms with Gasteiger partial charge in [-0.3, -0.25) is 0 Å². The molecular formula is C21H34N4O3. The Morgan fingerprint density at radius 1 is 1.29 bits per heavy atom. The number of aromatic nitrogens is 1. The molecule has 1 aliphatic rings. The van der Waals surface area contributed by atoms with Crippen LogP contribution >= 0.6 is 0 Å². The number of isocyanates is 1. The van der Waals surface area contributed by atoms with Crippen LogP contribution in [0.4, 0.5) is 4.79 Å². The Kier molecular flexibility index (Phi) is 8.24. The van der Waals surface area contributed by atoms with Gasteiger partial charge >= 0.3 is 6.03 Å². The van der Waals surface area contributed by atoms with Gasteiger partial charge in [0.2, 0.25) is 6.08 Å². The van der Waals surface area contributed by atoms with Gasteiger partial charge in [0.1, 0.15) is 5.76 Å². The highest BCUT2D eigenvalue weighted by Crippen LogP contribution is 2.28. The second kappa shape index (κ2) is 10.4. The zero-order chi connectivity index (χ0) is 20.6. The van der Waals surface area contributed by atoms with Crippen LogP contribution < -0.4 is 10.6 Å². The molecule has 1 aliphatic carbocycles. The molecule has 1 heterocycles. The van der Waals surface area contributed by atoms with Crippen LogP contribution in [-0.2, 0) is 16.6 Å². The van der Waals surface area contributed by atoms with Crippen molar-refractivity contribution >= 4 is 12.1 Å². The minimum absolute atomic E-state index is 0.0984. The number of nitrogens with zero attached hydrogens (tertiary/aromatic N) is 2. The summed E-state index contributed by atoms with van der Waals surface area (Å²) in [4.78, 5) is 30.5. The second-order valence-electron chi connectivity index (χ2n) is 8.85. The summed E-state index contributed by atoms with van der Waals surface area (Å²) in [5, 5.41) is 5.88. The van der Waals surface area contributed by atoms with Crippen LogP contribution in [0.15, 0.2) is 9.41 Å². The third kappa shape index (κ3) is 7.12. The number of carbonyl (C=O) groups is 1.